The number of nitrogens with one attached hydrogen (secondary N) is 1. The number of carboxylic acid groups (broad SMARTS) is 1. The van der Waals surface area contributed by atoms with E-state index in [1.807, 2.05) is 19.1 Å². The summed E-state index contributed by atoms with van der Waals surface area (Å²) in [5.41, 5.74) is 2.45. The molecular formula is C22H19N3O5. The molecule has 0 radical (unpaired) electrons. The van der Waals surface area contributed by atoms with E-state index < -0.39 is 5.97 Å². The van der Waals surface area contributed by atoms with E-state index in [0.29, 0.717) is 40.7 Å². The van der Waals surface area contributed by atoms with Crippen molar-refractivity contribution in [2.24, 2.45) is 0 Å². The highest BCUT2D eigenvalue weighted by Crippen LogP contribution is 2.33. The predicted molar refractivity (Wildman–Crippen MR) is 111 cm³/mol. The molecule has 8 heteroatoms. The lowest BCUT2D eigenvalue weighted by Gasteiger charge is -2.09. The topological polar surface area (TPSA) is 118 Å². The van der Waals surface area contributed by atoms with E-state index in [-0.39, 0.29) is 17.0 Å². The van der Waals surface area contributed by atoms with Gasteiger partial charge in [-0.1, -0.05) is 0 Å². The molecule has 2 heterocycles. The van der Waals surface area contributed by atoms with Gasteiger partial charge < -0.3 is 24.7 Å². The molecule has 0 saturated carbocycles. The molecule has 2 aromatic carbocycles. The van der Waals surface area contributed by atoms with Crippen LogP contribution >= 0.6 is 0 Å². The smallest absolute Gasteiger partial charge is 0.338 e. The highest BCUT2D eigenvalue weighted by molar-refractivity contribution is 6.02. The zero-order valence-corrected chi connectivity index (χ0v) is 16.3. The van der Waals surface area contributed by atoms with Gasteiger partial charge in [0.05, 0.1) is 30.5 Å². The second kappa shape index (κ2) is 7.75. The summed E-state index contributed by atoms with van der Waals surface area (Å²) in [5, 5.41) is 19.7. The Hall–Kier alpha value is -4.07. The molecule has 4 rings (SSSR count). The van der Waals surface area contributed by atoms with Gasteiger partial charge in [-0.15, -0.1) is 0 Å². The Labute approximate surface area is 171 Å². The summed E-state index contributed by atoms with van der Waals surface area (Å²) < 4.78 is 10.6. The van der Waals surface area contributed by atoms with Crippen LogP contribution in [0.4, 0.5) is 0 Å². The first-order chi connectivity index (χ1) is 14.5. The van der Waals surface area contributed by atoms with Crippen molar-refractivity contribution in [2.45, 2.75) is 6.92 Å². The number of aromatic carboxylic acids is 1. The first kappa shape index (κ1) is 19.3. The number of fused-ring (bicyclic) bond motifs is 1. The number of rotatable bonds is 6. The molecular weight excluding hydrogens is 386 g/mol. The molecule has 0 aliphatic carbocycles. The molecule has 152 valence electrons. The normalized spacial score (nSPS) is 10.9. The molecule has 0 spiro atoms. The summed E-state index contributed by atoms with van der Waals surface area (Å²) in [6.07, 6.45) is 0. The number of aromatic nitrogens is 3. The van der Waals surface area contributed by atoms with E-state index in [1.54, 1.807) is 31.4 Å². The number of ether oxygens (including phenoxy) is 2. The number of methoxy groups -OCH3 is 1. The van der Waals surface area contributed by atoms with Crippen LogP contribution in [0.15, 0.2) is 48.5 Å². The summed E-state index contributed by atoms with van der Waals surface area (Å²) in [6.45, 7) is 2.19. The predicted octanol–water partition coefficient (Wildman–Crippen LogP) is 4.10. The Kier molecular flexibility index (Phi) is 4.97. The number of benzene rings is 2. The minimum atomic E-state index is -1.10. The van der Waals surface area contributed by atoms with Gasteiger partial charge in [-0.2, -0.15) is 0 Å². The number of hydrogen-bond donors (Lipinski definition) is 3. The molecule has 0 saturated heterocycles. The lowest BCUT2D eigenvalue weighted by atomic mass is 10.1. The fourth-order valence-corrected chi connectivity index (χ4v) is 3.13. The van der Waals surface area contributed by atoms with Gasteiger partial charge in [-0.25, -0.2) is 14.8 Å². The van der Waals surface area contributed by atoms with E-state index in [1.165, 1.54) is 12.1 Å². The number of carbonyl (C=O) groups is 1. The molecule has 0 unspecified atom stereocenters. The quantitative estimate of drug-likeness (QED) is 0.442. The van der Waals surface area contributed by atoms with Crippen LogP contribution in [0, 0.1) is 0 Å². The lowest BCUT2D eigenvalue weighted by Crippen LogP contribution is -2.00. The van der Waals surface area contributed by atoms with Crippen LogP contribution in [0.5, 0.6) is 17.2 Å². The molecule has 8 nitrogen and oxygen atoms in total. The van der Waals surface area contributed by atoms with Crippen LogP contribution in [0.2, 0.25) is 0 Å². The Bertz CT molecular complexity index is 1230. The van der Waals surface area contributed by atoms with Crippen molar-refractivity contribution >= 4 is 17.1 Å². The maximum Gasteiger partial charge on any atom is 0.338 e. The van der Waals surface area contributed by atoms with Crippen LogP contribution in [-0.4, -0.2) is 44.9 Å². The molecule has 4 aromatic rings. The Morgan fingerprint density at radius 3 is 2.47 bits per heavy atom. The van der Waals surface area contributed by atoms with E-state index in [0.717, 1.165) is 5.56 Å². The summed E-state index contributed by atoms with van der Waals surface area (Å²) in [7, 11) is 1.58. The van der Waals surface area contributed by atoms with Gasteiger partial charge in [0.25, 0.3) is 0 Å². The minimum absolute atomic E-state index is 0.00157. The molecule has 0 amide bonds. The van der Waals surface area contributed by atoms with Crippen LogP contribution in [-0.2, 0) is 0 Å². The third-order valence-electron chi connectivity index (χ3n) is 4.61. The Balaban J connectivity index is 1.85. The summed E-state index contributed by atoms with van der Waals surface area (Å²) in [5.74, 6) is 0.410. The van der Waals surface area contributed by atoms with Gasteiger partial charge in [0.15, 0.2) is 17.1 Å². The number of nitrogens with zero attached hydrogens (tertiary/aromatic N) is 2. The first-order valence-electron chi connectivity index (χ1n) is 9.24. The van der Waals surface area contributed by atoms with Gasteiger partial charge in [-0.3, -0.25) is 0 Å². The third-order valence-corrected chi connectivity index (χ3v) is 4.61. The minimum Gasteiger partial charge on any atom is -0.504 e. The molecule has 30 heavy (non-hydrogen) atoms. The number of hydrogen-bond acceptors (Lipinski definition) is 6. The van der Waals surface area contributed by atoms with Gasteiger partial charge >= 0.3 is 5.97 Å². The second-order valence-electron chi connectivity index (χ2n) is 6.49. The molecule has 0 atom stereocenters. The summed E-state index contributed by atoms with van der Waals surface area (Å²) in [4.78, 5) is 24.0. The molecule has 2 aromatic heterocycles. The van der Waals surface area contributed by atoms with Crippen LogP contribution < -0.4 is 9.47 Å². The van der Waals surface area contributed by atoms with E-state index in [4.69, 9.17) is 9.47 Å². The van der Waals surface area contributed by atoms with E-state index in [2.05, 4.69) is 15.0 Å². The zero-order valence-electron chi connectivity index (χ0n) is 16.3. The molecule has 0 aliphatic rings. The van der Waals surface area contributed by atoms with E-state index >= 15 is 0 Å². The van der Waals surface area contributed by atoms with E-state index in [9.17, 15) is 15.0 Å². The van der Waals surface area contributed by atoms with Crippen LogP contribution in [0.3, 0.4) is 0 Å². The molecule has 3 N–H and O–H groups in total. The monoisotopic (exact) mass is 405 g/mol. The largest absolute Gasteiger partial charge is 0.504 e. The number of imidazole rings is 1. The first-order valence-corrected chi connectivity index (χ1v) is 9.24. The number of pyridine rings is 1. The van der Waals surface area contributed by atoms with Crippen molar-refractivity contribution in [2.75, 3.05) is 13.7 Å². The molecule has 0 aliphatic heterocycles. The van der Waals surface area contributed by atoms with Gasteiger partial charge in [0.2, 0.25) is 0 Å². The fourth-order valence-electron chi connectivity index (χ4n) is 3.13. The number of H-pyrrole nitrogens is 1. The van der Waals surface area contributed by atoms with Crippen molar-refractivity contribution < 1.29 is 24.5 Å². The van der Waals surface area contributed by atoms with Gasteiger partial charge in [0, 0.05) is 11.1 Å². The SMILES string of the molecule is CCOc1cc(-c2cc(C(=O)O)c3[nH]c(-c4ccc(OC)cc4)nc3n2)ccc1O. The number of phenols is 1. The summed E-state index contributed by atoms with van der Waals surface area (Å²) >= 11 is 0. The second-order valence-corrected chi connectivity index (χ2v) is 6.49. The number of aromatic amines is 1. The average molecular weight is 405 g/mol. The highest BCUT2D eigenvalue weighted by Gasteiger charge is 2.18. The van der Waals surface area contributed by atoms with Gasteiger partial charge in [-0.05, 0) is 55.5 Å². The van der Waals surface area contributed by atoms with Crippen molar-refractivity contribution in [1.82, 2.24) is 15.0 Å². The number of phenolic OH excluding ortho intramolecular Hbond substituents is 1. The maximum atomic E-state index is 11.9. The Morgan fingerprint density at radius 1 is 1.07 bits per heavy atom. The lowest BCUT2D eigenvalue weighted by molar-refractivity contribution is 0.0699. The maximum absolute atomic E-state index is 11.9. The van der Waals surface area contributed by atoms with Crippen molar-refractivity contribution in [3.05, 3.63) is 54.1 Å². The number of aromatic hydroxyl groups is 1. The Morgan fingerprint density at radius 2 is 1.80 bits per heavy atom. The number of carboxylic acids is 1. The van der Waals surface area contributed by atoms with Gasteiger partial charge in [0.1, 0.15) is 11.6 Å². The standard InChI is InChI=1S/C22H19N3O5/c1-3-30-18-10-13(6-9-17(18)26)16-11-15(22(27)28)19-21(23-16)25-20(24-19)12-4-7-14(29-2)8-5-12/h4-11,26H,3H2,1-2H3,(H,27,28)(H,23,24,25). The zero-order chi connectivity index (χ0) is 21.3. The van der Waals surface area contributed by atoms with Crippen LogP contribution in [0.25, 0.3) is 33.8 Å². The van der Waals surface area contributed by atoms with Crippen LogP contribution in [0.1, 0.15) is 17.3 Å². The highest BCUT2D eigenvalue weighted by atomic mass is 16.5. The van der Waals surface area contributed by atoms with Crippen molar-refractivity contribution in [1.29, 1.82) is 0 Å². The van der Waals surface area contributed by atoms with Crippen molar-refractivity contribution in [3.8, 4) is 39.9 Å². The molecule has 0 fully saturated rings. The summed E-state index contributed by atoms with van der Waals surface area (Å²) in [6, 6.07) is 13.5. The fraction of sp³-hybridized carbons (Fsp3) is 0.136. The average Bonchev–Trinajstić information content (AvgIpc) is 3.19. The third kappa shape index (κ3) is 3.50. The molecule has 0 bridgehead atoms. The van der Waals surface area contributed by atoms with Crippen molar-refractivity contribution in [3.63, 3.8) is 0 Å².